The van der Waals surface area contributed by atoms with E-state index in [9.17, 15) is 5.11 Å². The molecule has 2 heterocycles. The summed E-state index contributed by atoms with van der Waals surface area (Å²) in [5, 5.41) is 10.8. The maximum Gasteiger partial charge on any atom is 0.222 e. The Labute approximate surface area is 162 Å². The smallest absolute Gasteiger partial charge is 0.222 e. The predicted molar refractivity (Wildman–Crippen MR) is 111 cm³/mol. The van der Waals surface area contributed by atoms with Crippen LogP contribution in [0, 0.1) is 4.77 Å². The van der Waals surface area contributed by atoms with E-state index in [0.717, 1.165) is 28.9 Å². The summed E-state index contributed by atoms with van der Waals surface area (Å²) in [7, 11) is 1.60. The molecule has 0 fully saturated rings. The van der Waals surface area contributed by atoms with Crippen LogP contribution in [-0.2, 0) is 6.42 Å². The fourth-order valence-electron chi connectivity index (χ4n) is 3.27. The van der Waals surface area contributed by atoms with Crippen molar-refractivity contribution in [2.24, 2.45) is 4.99 Å². The highest BCUT2D eigenvalue weighted by atomic mass is 32.1. The number of aromatic nitrogens is 2. The minimum atomic E-state index is 0.0502. The third kappa shape index (κ3) is 2.98. The summed E-state index contributed by atoms with van der Waals surface area (Å²) in [6.45, 7) is 2.12. The van der Waals surface area contributed by atoms with E-state index in [2.05, 4.69) is 23.0 Å². The molecule has 0 bridgehead atoms. The van der Waals surface area contributed by atoms with Gasteiger partial charge in [0.25, 0.3) is 0 Å². The highest BCUT2D eigenvalue weighted by molar-refractivity contribution is 7.71. The minimum Gasteiger partial charge on any atom is -0.497 e. The van der Waals surface area contributed by atoms with Crippen LogP contribution in [0.2, 0.25) is 0 Å². The Bertz CT molecular complexity index is 1140. The van der Waals surface area contributed by atoms with Crippen LogP contribution in [0.25, 0.3) is 17.3 Å². The Morgan fingerprint density at radius 2 is 2.07 bits per heavy atom. The molecular formula is C21H19N3O2S. The first-order valence-electron chi connectivity index (χ1n) is 8.68. The van der Waals surface area contributed by atoms with Gasteiger partial charge in [-0.1, -0.05) is 31.2 Å². The maximum atomic E-state index is 10.8. The molecule has 0 aliphatic carbocycles. The molecule has 1 aliphatic rings. The summed E-state index contributed by atoms with van der Waals surface area (Å²) < 4.78 is 7.25. The number of aliphatic imine (C=N–C) groups is 1. The van der Waals surface area contributed by atoms with Crippen molar-refractivity contribution in [2.75, 3.05) is 7.11 Å². The van der Waals surface area contributed by atoms with Crippen molar-refractivity contribution < 1.29 is 9.84 Å². The number of para-hydroxylation sites is 1. The number of aromatic hydroxyl groups is 1. The number of aromatic amines is 1. The van der Waals surface area contributed by atoms with Crippen LogP contribution in [0.4, 0.5) is 5.69 Å². The van der Waals surface area contributed by atoms with Gasteiger partial charge in [-0.25, -0.2) is 0 Å². The van der Waals surface area contributed by atoms with Gasteiger partial charge in [-0.15, -0.1) is 0 Å². The molecule has 0 saturated heterocycles. The Morgan fingerprint density at radius 1 is 1.26 bits per heavy atom. The van der Waals surface area contributed by atoms with E-state index in [4.69, 9.17) is 17.0 Å². The summed E-state index contributed by atoms with van der Waals surface area (Å²) in [6.07, 6.45) is 4.62. The molecule has 0 amide bonds. The molecule has 1 aliphatic heterocycles. The molecule has 5 nitrogen and oxygen atoms in total. The summed E-state index contributed by atoms with van der Waals surface area (Å²) >= 11 is 5.42. The second kappa shape index (κ2) is 6.89. The van der Waals surface area contributed by atoms with E-state index in [-0.39, 0.29) is 5.88 Å². The quantitative estimate of drug-likeness (QED) is 0.624. The predicted octanol–water partition coefficient (Wildman–Crippen LogP) is 5.07. The molecule has 2 aromatic carbocycles. The first kappa shape index (κ1) is 17.3. The van der Waals surface area contributed by atoms with E-state index in [1.54, 1.807) is 11.7 Å². The molecule has 1 aromatic heterocycles. The van der Waals surface area contributed by atoms with Crippen LogP contribution in [-0.4, -0.2) is 28.0 Å². The van der Waals surface area contributed by atoms with Crippen LogP contribution in [0.5, 0.6) is 11.6 Å². The molecule has 2 N–H and O–H groups in total. The minimum absolute atomic E-state index is 0.0502. The SMILES string of the molecule is CCc1cccc2c1N=C/C2=C/c1[nH]c(=S)n(-c2cccc(OC)c2)c1O. The average molecular weight is 377 g/mol. The van der Waals surface area contributed by atoms with Gasteiger partial charge in [-0.2, -0.15) is 0 Å². The van der Waals surface area contributed by atoms with E-state index < -0.39 is 0 Å². The fourth-order valence-corrected chi connectivity index (χ4v) is 3.57. The lowest BCUT2D eigenvalue weighted by Crippen LogP contribution is -1.94. The molecule has 3 aromatic rings. The number of benzene rings is 2. The third-order valence-corrected chi connectivity index (χ3v) is 4.94. The summed E-state index contributed by atoms with van der Waals surface area (Å²) in [5.41, 5.74) is 5.46. The Balaban J connectivity index is 1.79. The van der Waals surface area contributed by atoms with Gasteiger partial charge in [-0.05, 0) is 42.4 Å². The lowest BCUT2D eigenvalue weighted by Gasteiger charge is -2.07. The zero-order valence-corrected chi connectivity index (χ0v) is 15.9. The Hall–Kier alpha value is -3.12. The molecule has 0 unspecified atom stereocenters. The number of ether oxygens (including phenoxy) is 1. The van der Waals surface area contributed by atoms with E-state index in [1.807, 2.05) is 48.7 Å². The van der Waals surface area contributed by atoms with Crippen molar-refractivity contribution in [1.29, 1.82) is 0 Å². The van der Waals surface area contributed by atoms with Crippen LogP contribution in [0.3, 0.4) is 0 Å². The lowest BCUT2D eigenvalue weighted by molar-refractivity contribution is 0.413. The monoisotopic (exact) mass is 377 g/mol. The highest BCUT2D eigenvalue weighted by Crippen LogP contribution is 2.37. The molecule has 6 heteroatoms. The number of aryl methyl sites for hydroxylation is 1. The molecule has 136 valence electrons. The third-order valence-electron chi connectivity index (χ3n) is 4.65. The number of hydrogen-bond donors (Lipinski definition) is 2. The molecular weight excluding hydrogens is 358 g/mol. The number of H-pyrrole nitrogens is 1. The van der Waals surface area contributed by atoms with Gasteiger partial charge in [0.15, 0.2) is 4.77 Å². The zero-order chi connectivity index (χ0) is 19.0. The van der Waals surface area contributed by atoms with Gasteiger partial charge in [0.1, 0.15) is 11.4 Å². The molecule has 0 spiro atoms. The first-order valence-corrected chi connectivity index (χ1v) is 9.09. The van der Waals surface area contributed by atoms with Crippen molar-refractivity contribution in [1.82, 2.24) is 9.55 Å². The average Bonchev–Trinajstić information content (AvgIpc) is 3.22. The van der Waals surface area contributed by atoms with E-state index in [0.29, 0.717) is 16.2 Å². The van der Waals surface area contributed by atoms with Crippen molar-refractivity contribution in [2.45, 2.75) is 13.3 Å². The van der Waals surface area contributed by atoms with Crippen LogP contribution in [0.1, 0.15) is 23.7 Å². The van der Waals surface area contributed by atoms with Crippen molar-refractivity contribution in [3.8, 4) is 17.3 Å². The number of nitrogens with zero attached hydrogens (tertiary/aromatic N) is 2. The number of hydrogen-bond acceptors (Lipinski definition) is 4. The van der Waals surface area contributed by atoms with Gasteiger partial charge >= 0.3 is 0 Å². The maximum absolute atomic E-state index is 10.8. The zero-order valence-electron chi connectivity index (χ0n) is 15.1. The number of rotatable bonds is 4. The van der Waals surface area contributed by atoms with E-state index >= 15 is 0 Å². The molecule has 0 saturated carbocycles. The summed E-state index contributed by atoms with van der Waals surface area (Å²) in [6, 6.07) is 13.5. The normalized spacial score (nSPS) is 13.9. The Kier molecular flexibility index (Phi) is 4.41. The summed E-state index contributed by atoms with van der Waals surface area (Å²) in [5.74, 6) is 0.744. The second-order valence-electron chi connectivity index (χ2n) is 6.23. The highest BCUT2D eigenvalue weighted by Gasteiger charge is 2.17. The van der Waals surface area contributed by atoms with Gasteiger partial charge in [-0.3, -0.25) is 9.56 Å². The van der Waals surface area contributed by atoms with Crippen LogP contribution >= 0.6 is 12.2 Å². The molecule has 0 radical (unpaired) electrons. The largest absolute Gasteiger partial charge is 0.497 e. The van der Waals surface area contributed by atoms with Crippen molar-refractivity contribution in [3.63, 3.8) is 0 Å². The number of nitrogens with one attached hydrogen (secondary N) is 1. The standard InChI is InChI=1S/C21H19N3O2S/c1-3-13-6-4-9-17-14(12-22-19(13)17)10-18-20(25)24(21(27)23-18)15-7-5-8-16(11-15)26-2/h4-12,25H,3H2,1-2H3,(H,23,27)/b14-10-. The van der Waals surface area contributed by atoms with Gasteiger partial charge in [0.2, 0.25) is 5.88 Å². The van der Waals surface area contributed by atoms with Crippen LogP contribution < -0.4 is 4.74 Å². The van der Waals surface area contributed by atoms with Crippen molar-refractivity contribution in [3.05, 3.63) is 64.1 Å². The summed E-state index contributed by atoms with van der Waals surface area (Å²) in [4.78, 5) is 7.63. The van der Waals surface area contributed by atoms with Gasteiger partial charge in [0, 0.05) is 23.4 Å². The molecule has 4 rings (SSSR count). The Morgan fingerprint density at radius 3 is 2.85 bits per heavy atom. The molecule has 0 atom stereocenters. The number of methoxy groups -OCH3 is 1. The van der Waals surface area contributed by atoms with Crippen molar-refractivity contribution >= 4 is 35.8 Å². The number of allylic oxidation sites excluding steroid dienone is 1. The van der Waals surface area contributed by atoms with Crippen LogP contribution in [0.15, 0.2) is 47.5 Å². The molecule has 27 heavy (non-hydrogen) atoms. The second-order valence-corrected chi connectivity index (χ2v) is 6.62. The number of imidazole rings is 1. The topological polar surface area (TPSA) is 62.5 Å². The van der Waals surface area contributed by atoms with Gasteiger partial charge in [0.05, 0.1) is 18.5 Å². The lowest BCUT2D eigenvalue weighted by atomic mass is 10.0. The first-order chi connectivity index (χ1) is 13.1. The van der Waals surface area contributed by atoms with E-state index in [1.165, 1.54) is 5.56 Å². The number of fused-ring (bicyclic) bond motifs is 1. The van der Waals surface area contributed by atoms with Gasteiger partial charge < -0.3 is 14.8 Å². The fraction of sp³-hybridized carbons (Fsp3) is 0.143.